The van der Waals surface area contributed by atoms with E-state index in [1.165, 1.54) is 12.5 Å². The van der Waals surface area contributed by atoms with Gasteiger partial charge in [-0.2, -0.15) is 24.9 Å². The Kier molecular flexibility index (Phi) is 4.27. The highest BCUT2D eigenvalue weighted by Gasteiger charge is 2.37. The Morgan fingerprint density at radius 2 is 1.82 bits per heavy atom. The zero-order valence-corrected chi connectivity index (χ0v) is 13.3. The standard InChI is InChI=1S/C17H19F3OS/c1-10-5-6-12(17(18,19)20)9-15(10)16(21)11-7-13-3-2-4-14(8-11)22-13/h5-6,9,11,13-14H,2-4,7-8H2,1H3. The van der Waals surface area contributed by atoms with Crippen molar-refractivity contribution < 1.29 is 18.0 Å². The summed E-state index contributed by atoms with van der Waals surface area (Å²) in [5, 5.41) is 1.01. The molecule has 0 aliphatic carbocycles. The number of hydrogen-bond donors (Lipinski definition) is 0. The minimum Gasteiger partial charge on any atom is -0.294 e. The summed E-state index contributed by atoms with van der Waals surface area (Å²) in [6.07, 6.45) is 0.706. The largest absolute Gasteiger partial charge is 0.416 e. The van der Waals surface area contributed by atoms with Crippen LogP contribution < -0.4 is 0 Å². The van der Waals surface area contributed by atoms with Crippen LogP contribution in [0.4, 0.5) is 13.2 Å². The maximum Gasteiger partial charge on any atom is 0.416 e. The van der Waals surface area contributed by atoms with Gasteiger partial charge in [0, 0.05) is 22.0 Å². The molecule has 1 nitrogen and oxygen atoms in total. The molecule has 2 bridgehead atoms. The Labute approximate surface area is 132 Å². The number of Topliss-reactive ketones (excluding diaryl/α,β-unsaturated/α-hetero) is 1. The Balaban J connectivity index is 1.85. The molecule has 0 radical (unpaired) electrons. The molecule has 2 aliphatic rings. The Morgan fingerprint density at radius 3 is 2.41 bits per heavy atom. The molecule has 5 heteroatoms. The van der Waals surface area contributed by atoms with Crippen molar-refractivity contribution in [3.05, 3.63) is 34.9 Å². The van der Waals surface area contributed by atoms with Gasteiger partial charge in [0.15, 0.2) is 5.78 Å². The molecular weight excluding hydrogens is 309 g/mol. The van der Waals surface area contributed by atoms with Gasteiger partial charge in [0.25, 0.3) is 0 Å². The highest BCUT2D eigenvalue weighted by molar-refractivity contribution is 8.00. The normalized spacial score (nSPS) is 28.5. The van der Waals surface area contributed by atoms with Crippen LogP contribution in [0.15, 0.2) is 18.2 Å². The fourth-order valence-corrected chi connectivity index (χ4v) is 5.39. The van der Waals surface area contributed by atoms with Gasteiger partial charge in [-0.05, 0) is 50.3 Å². The minimum atomic E-state index is -4.40. The number of aryl methyl sites for hydroxylation is 1. The molecule has 0 N–H and O–H groups in total. The summed E-state index contributed by atoms with van der Waals surface area (Å²) < 4.78 is 38.6. The Hall–Kier alpha value is -0.970. The zero-order valence-electron chi connectivity index (χ0n) is 12.5. The van der Waals surface area contributed by atoms with Crippen LogP contribution in [0, 0.1) is 12.8 Å². The number of hydrogen-bond acceptors (Lipinski definition) is 2. The summed E-state index contributed by atoms with van der Waals surface area (Å²) in [6.45, 7) is 1.71. The number of fused-ring (bicyclic) bond motifs is 2. The maximum absolute atomic E-state index is 12.9. The van der Waals surface area contributed by atoms with Crippen molar-refractivity contribution in [2.45, 2.75) is 55.7 Å². The zero-order chi connectivity index (χ0) is 15.9. The number of alkyl halides is 3. The molecule has 0 aromatic heterocycles. The van der Waals surface area contributed by atoms with E-state index in [0.29, 0.717) is 16.1 Å². The lowest BCUT2D eigenvalue weighted by atomic mass is 9.83. The first-order chi connectivity index (χ1) is 10.3. The highest BCUT2D eigenvalue weighted by Crippen LogP contribution is 2.45. The molecule has 22 heavy (non-hydrogen) atoms. The highest BCUT2D eigenvalue weighted by atomic mass is 32.2. The van der Waals surface area contributed by atoms with Crippen molar-refractivity contribution in [2.24, 2.45) is 5.92 Å². The second-order valence-corrected chi connectivity index (χ2v) is 7.98. The SMILES string of the molecule is Cc1ccc(C(F)(F)F)cc1C(=O)C1CC2CCCC(C1)S2. The van der Waals surface area contributed by atoms with Crippen LogP contribution in [0.2, 0.25) is 0 Å². The van der Waals surface area contributed by atoms with Crippen LogP contribution in [-0.4, -0.2) is 16.3 Å². The molecule has 0 amide bonds. The molecule has 2 saturated heterocycles. The molecule has 120 valence electrons. The van der Waals surface area contributed by atoms with Crippen molar-refractivity contribution in [1.29, 1.82) is 0 Å². The third kappa shape index (κ3) is 3.19. The van der Waals surface area contributed by atoms with Gasteiger partial charge in [0.2, 0.25) is 0 Å². The average molecular weight is 328 g/mol. The molecule has 1 aromatic rings. The van der Waals surface area contributed by atoms with E-state index in [-0.39, 0.29) is 17.3 Å². The van der Waals surface area contributed by atoms with Crippen molar-refractivity contribution in [1.82, 2.24) is 0 Å². The van der Waals surface area contributed by atoms with Crippen molar-refractivity contribution in [3.8, 4) is 0 Å². The van der Waals surface area contributed by atoms with Gasteiger partial charge in [-0.25, -0.2) is 0 Å². The first-order valence-electron chi connectivity index (χ1n) is 7.72. The lowest BCUT2D eigenvalue weighted by Gasteiger charge is -2.38. The van der Waals surface area contributed by atoms with E-state index in [4.69, 9.17) is 0 Å². The van der Waals surface area contributed by atoms with E-state index in [0.717, 1.165) is 37.8 Å². The number of benzene rings is 1. The summed E-state index contributed by atoms with van der Waals surface area (Å²) in [5.74, 6) is -0.209. The van der Waals surface area contributed by atoms with E-state index in [9.17, 15) is 18.0 Å². The second kappa shape index (κ2) is 5.91. The molecule has 2 aliphatic heterocycles. The topological polar surface area (TPSA) is 17.1 Å². The van der Waals surface area contributed by atoms with E-state index in [2.05, 4.69) is 0 Å². The summed E-state index contributed by atoms with van der Waals surface area (Å²) in [7, 11) is 0. The smallest absolute Gasteiger partial charge is 0.294 e. The van der Waals surface area contributed by atoms with E-state index < -0.39 is 11.7 Å². The molecular formula is C17H19F3OS. The number of ketones is 1. The van der Waals surface area contributed by atoms with E-state index >= 15 is 0 Å². The maximum atomic E-state index is 12.9. The molecule has 2 atom stereocenters. The van der Waals surface area contributed by atoms with Crippen LogP contribution in [-0.2, 0) is 6.18 Å². The van der Waals surface area contributed by atoms with Gasteiger partial charge in [0.05, 0.1) is 5.56 Å². The molecule has 2 heterocycles. The van der Waals surface area contributed by atoms with E-state index in [1.807, 2.05) is 11.8 Å². The molecule has 1 aromatic carbocycles. The predicted octanol–water partition coefficient (Wildman–Crippen LogP) is 5.26. The number of halogens is 3. The summed E-state index contributed by atoms with van der Waals surface area (Å²) >= 11 is 1.97. The van der Waals surface area contributed by atoms with E-state index in [1.54, 1.807) is 6.92 Å². The lowest BCUT2D eigenvalue weighted by Crippen LogP contribution is -2.33. The van der Waals surface area contributed by atoms with Crippen LogP contribution in [0.5, 0.6) is 0 Å². The number of carbonyl (C=O) groups is 1. The van der Waals surface area contributed by atoms with Crippen LogP contribution in [0.3, 0.4) is 0 Å². The fourth-order valence-electron chi connectivity index (χ4n) is 3.56. The Morgan fingerprint density at radius 1 is 1.18 bits per heavy atom. The average Bonchev–Trinajstić information content (AvgIpc) is 2.45. The van der Waals surface area contributed by atoms with Gasteiger partial charge in [-0.3, -0.25) is 4.79 Å². The minimum absolute atomic E-state index is 0.0965. The predicted molar refractivity (Wildman–Crippen MR) is 82.3 cm³/mol. The lowest BCUT2D eigenvalue weighted by molar-refractivity contribution is -0.137. The summed E-state index contributed by atoms with van der Waals surface area (Å²) in [5.41, 5.74) is 0.165. The first kappa shape index (κ1) is 15.9. The molecule has 2 unspecified atom stereocenters. The monoisotopic (exact) mass is 328 g/mol. The summed E-state index contributed by atoms with van der Waals surface area (Å²) in [6, 6.07) is 3.50. The van der Waals surface area contributed by atoms with Gasteiger partial charge in [0.1, 0.15) is 0 Å². The molecule has 0 saturated carbocycles. The third-order valence-corrected chi connectivity index (χ3v) is 6.36. The Bertz CT molecular complexity index is 570. The quantitative estimate of drug-likeness (QED) is 0.689. The number of rotatable bonds is 2. The molecule has 3 rings (SSSR count). The van der Waals surface area contributed by atoms with Crippen LogP contribution in [0.1, 0.15) is 53.6 Å². The fraction of sp³-hybridized carbons (Fsp3) is 0.588. The third-order valence-electron chi connectivity index (χ3n) is 4.73. The van der Waals surface area contributed by atoms with Crippen LogP contribution in [0.25, 0.3) is 0 Å². The van der Waals surface area contributed by atoms with Gasteiger partial charge in [-0.15, -0.1) is 0 Å². The van der Waals surface area contributed by atoms with Gasteiger partial charge < -0.3 is 0 Å². The van der Waals surface area contributed by atoms with Crippen LogP contribution >= 0.6 is 11.8 Å². The second-order valence-electron chi connectivity index (χ2n) is 6.37. The summed E-state index contributed by atoms with van der Waals surface area (Å²) in [4.78, 5) is 12.8. The van der Waals surface area contributed by atoms with Crippen molar-refractivity contribution in [2.75, 3.05) is 0 Å². The van der Waals surface area contributed by atoms with Gasteiger partial charge >= 0.3 is 6.18 Å². The molecule has 0 spiro atoms. The molecule has 2 fully saturated rings. The van der Waals surface area contributed by atoms with Crippen molar-refractivity contribution in [3.63, 3.8) is 0 Å². The van der Waals surface area contributed by atoms with Gasteiger partial charge in [-0.1, -0.05) is 12.5 Å². The van der Waals surface area contributed by atoms with Crippen molar-refractivity contribution >= 4 is 17.5 Å². The first-order valence-corrected chi connectivity index (χ1v) is 8.66. The number of thioether (sulfide) groups is 1. The number of carbonyl (C=O) groups excluding carboxylic acids is 1.